The Bertz CT molecular complexity index is 217. The second kappa shape index (κ2) is 6.83. The van der Waals surface area contributed by atoms with Crippen molar-refractivity contribution in [2.24, 2.45) is 5.73 Å². The Kier molecular flexibility index (Phi) is 6.55. The minimum absolute atomic E-state index is 0.509. The number of rotatable bonds is 8. The molecule has 0 bridgehead atoms. The fourth-order valence-electron chi connectivity index (χ4n) is 1.31. The number of nitrogens with two attached hydrogens (primary N) is 1. The van der Waals surface area contributed by atoms with E-state index in [1.165, 1.54) is 0 Å². The second-order valence-electron chi connectivity index (χ2n) is 4.93. The van der Waals surface area contributed by atoms with E-state index >= 15 is 0 Å². The van der Waals surface area contributed by atoms with Gasteiger partial charge in [-0.15, -0.1) is 0 Å². The quantitative estimate of drug-likeness (QED) is 0.618. The normalized spacial score (nSPS) is 15.4. The van der Waals surface area contributed by atoms with Crippen LogP contribution < -0.4 is 5.73 Å². The molecule has 0 aliphatic rings. The second-order valence-corrected chi connectivity index (χ2v) is 4.93. The molecule has 1 atom stereocenters. The van der Waals surface area contributed by atoms with Crippen LogP contribution >= 0.6 is 0 Å². The number of hydrogen-bond donors (Lipinski definition) is 2. The monoisotopic (exact) mass is 231 g/mol. The van der Waals surface area contributed by atoms with Crippen LogP contribution in [0.5, 0.6) is 0 Å². The third kappa shape index (κ3) is 6.76. The molecule has 0 aliphatic heterocycles. The Balaban J connectivity index is 3.69. The topological polar surface area (TPSA) is 69.8 Å². The maximum atomic E-state index is 10.8. The van der Waals surface area contributed by atoms with E-state index in [0.717, 1.165) is 26.1 Å². The van der Waals surface area contributed by atoms with Crippen molar-refractivity contribution in [1.29, 1.82) is 0 Å². The van der Waals surface area contributed by atoms with Crippen LogP contribution in [0.3, 0.4) is 0 Å². The smallest absolute Gasteiger partial charge is 0.323 e. The highest BCUT2D eigenvalue weighted by atomic mass is 16.4. The Morgan fingerprint density at radius 2 is 1.81 bits per heavy atom. The Labute approximate surface area is 98.2 Å². The summed E-state index contributed by atoms with van der Waals surface area (Å²) in [5.41, 5.74) is 4.55. The molecule has 0 radical (unpaired) electrons. The molecule has 0 aromatic heterocycles. The minimum atomic E-state index is -1.09. The number of carbonyl (C=O) groups is 1. The van der Waals surface area contributed by atoms with Gasteiger partial charge >= 0.3 is 5.97 Å². The fraction of sp³-hybridized carbons (Fsp3) is 0.909. The SMILES string of the molecule is CN(C)CCN(C)CCCC(C)(N)C(=O)O. The number of nitrogens with zero attached hydrogens (tertiary/aromatic N) is 2. The fourth-order valence-corrected chi connectivity index (χ4v) is 1.31. The first kappa shape index (κ1) is 15.3. The van der Waals surface area contributed by atoms with Crippen molar-refractivity contribution in [1.82, 2.24) is 9.80 Å². The molecule has 1 unspecified atom stereocenters. The molecule has 0 heterocycles. The van der Waals surface area contributed by atoms with Crippen LogP contribution in [0.15, 0.2) is 0 Å². The molecule has 0 fully saturated rings. The van der Waals surface area contributed by atoms with E-state index < -0.39 is 11.5 Å². The lowest BCUT2D eigenvalue weighted by Gasteiger charge is -2.22. The highest BCUT2D eigenvalue weighted by Gasteiger charge is 2.26. The summed E-state index contributed by atoms with van der Waals surface area (Å²) in [6, 6.07) is 0. The van der Waals surface area contributed by atoms with Gasteiger partial charge in [-0.05, 0) is 47.5 Å². The molecular formula is C11H25N3O2. The van der Waals surface area contributed by atoms with Crippen LogP contribution in [0.25, 0.3) is 0 Å². The number of likely N-dealkylation sites (N-methyl/N-ethyl adjacent to an activating group) is 2. The summed E-state index contributed by atoms with van der Waals surface area (Å²) in [5, 5.41) is 8.84. The Morgan fingerprint density at radius 3 is 2.25 bits per heavy atom. The van der Waals surface area contributed by atoms with Crippen LogP contribution in [-0.2, 0) is 4.79 Å². The van der Waals surface area contributed by atoms with Crippen LogP contribution in [0, 0.1) is 0 Å². The summed E-state index contributed by atoms with van der Waals surface area (Å²) < 4.78 is 0. The summed E-state index contributed by atoms with van der Waals surface area (Å²) in [5.74, 6) is -0.927. The zero-order chi connectivity index (χ0) is 12.8. The van der Waals surface area contributed by atoms with E-state index in [1.807, 2.05) is 21.1 Å². The minimum Gasteiger partial charge on any atom is -0.480 e. The van der Waals surface area contributed by atoms with E-state index in [9.17, 15) is 4.79 Å². The van der Waals surface area contributed by atoms with Crippen LogP contribution in [0.4, 0.5) is 0 Å². The predicted octanol–water partition coefficient (Wildman–Crippen LogP) is 0.0620. The molecule has 5 nitrogen and oxygen atoms in total. The van der Waals surface area contributed by atoms with Gasteiger partial charge in [-0.2, -0.15) is 0 Å². The molecule has 0 aromatic rings. The van der Waals surface area contributed by atoms with Crippen LogP contribution in [-0.4, -0.2) is 67.2 Å². The molecule has 96 valence electrons. The number of aliphatic carboxylic acids is 1. The van der Waals surface area contributed by atoms with Crippen molar-refractivity contribution in [3.05, 3.63) is 0 Å². The molecule has 16 heavy (non-hydrogen) atoms. The van der Waals surface area contributed by atoms with E-state index in [4.69, 9.17) is 10.8 Å². The van der Waals surface area contributed by atoms with E-state index in [1.54, 1.807) is 6.92 Å². The van der Waals surface area contributed by atoms with Crippen molar-refractivity contribution in [2.45, 2.75) is 25.3 Å². The lowest BCUT2D eigenvalue weighted by molar-refractivity contribution is -0.142. The number of carboxylic acid groups (broad SMARTS) is 1. The van der Waals surface area contributed by atoms with Crippen molar-refractivity contribution < 1.29 is 9.90 Å². The average Bonchev–Trinajstić information content (AvgIpc) is 2.14. The third-order valence-electron chi connectivity index (χ3n) is 2.65. The third-order valence-corrected chi connectivity index (χ3v) is 2.65. The highest BCUT2D eigenvalue weighted by molar-refractivity contribution is 5.77. The van der Waals surface area contributed by atoms with Gasteiger partial charge in [0.2, 0.25) is 0 Å². The molecule has 0 rings (SSSR count). The molecule has 5 heteroatoms. The first-order valence-electron chi connectivity index (χ1n) is 5.61. The summed E-state index contributed by atoms with van der Waals surface area (Å²) in [4.78, 5) is 15.1. The van der Waals surface area contributed by atoms with Crippen molar-refractivity contribution in [2.75, 3.05) is 40.8 Å². The van der Waals surface area contributed by atoms with Crippen LogP contribution in [0.1, 0.15) is 19.8 Å². The zero-order valence-corrected chi connectivity index (χ0v) is 10.9. The summed E-state index contributed by atoms with van der Waals surface area (Å²) >= 11 is 0. The van der Waals surface area contributed by atoms with Gasteiger partial charge in [0.05, 0.1) is 0 Å². The van der Waals surface area contributed by atoms with Gasteiger partial charge in [-0.25, -0.2) is 0 Å². The molecule has 0 aromatic carbocycles. The molecule has 0 saturated heterocycles. The maximum Gasteiger partial charge on any atom is 0.323 e. The lowest BCUT2D eigenvalue weighted by Crippen LogP contribution is -2.45. The molecule has 3 N–H and O–H groups in total. The van der Waals surface area contributed by atoms with Gasteiger partial charge in [0, 0.05) is 13.1 Å². The predicted molar refractivity (Wildman–Crippen MR) is 65.5 cm³/mol. The summed E-state index contributed by atoms with van der Waals surface area (Å²) in [6.07, 6.45) is 1.32. The van der Waals surface area contributed by atoms with E-state index in [0.29, 0.717) is 6.42 Å². The zero-order valence-electron chi connectivity index (χ0n) is 10.9. The van der Waals surface area contributed by atoms with Gasteiger partial charge in [-0.3, -0.25) is 4.79 Å². The number of carboxylic acids is 1. The Morgan fingerprint density at radius 1 is 1.25 bits per heavy atom. The van der Waals surface area contributed by atoms with Gasteiger partial charge < -0.3 is 20.6 Å². The van der Waals surface area contributed by atoms with Gasteiger partial charge in [0.25, 0.3) is 0 Å². The van der Waals surface area contributed by atoms with Crippen molar-refractivity contribution in [3.8, 4) is 0 Å². The largest absolute Gasteiger partial charge is 0.480 e. The molecule has 0 aliphatic carbocycles. The average molecular weight is 231 g/mol. The van der Waals surface area contributed by atoms with Gasteiger partial charge in [0.1, 0.15) is 5.54 Å². The van der Waals surface area contributed by atoms with Gasteiger partial charge in [-0.1, -0.05) is 0 Å². The number of hydrogen-bond acceptors (Lipinski definition) is 4. The highest BCUT2D eigenvalue weighted by Crippen LogP contribution is 2.09. The summed E-state index contributed by atoms with van der Waals surface area (Å²) in [7, 11) is 6.11. The first-order chi connectivity index (χ1) is 7.25. The first-order valence-corrected chi connectivity index (χ1v) is 5.61. The van der Waals surface area contributed by atoms with Crippen molar-refractivity contribution >= 4 is 5.97 Å². The van der Waals surface area contributed by atoms with Crippen LogP contribution in [0.2, 0.25) is 0 Å². The molecule has 0 amide bonds. The van der Waals surface area contributed by atoms with E-state index in [2.05, 4.69) is 9.80 Å². The lowest BCUT2D eigenvalue weighted by atomic mass is 9.97. The van der Waals surface area contributed by atoms with E-state index in [-0.39, 0.29) is 0 Å². The van der Waals surface area contributed by atoms with Gasteiger partial charge in [0.15, 0.2) is 0 Å². The summed E-state index contributed by atoms with van der Waals surface area (Å²) in [6.45, 7) is 4.44. The molecular weight excluding hydrogens is 206 g/mol. The van der Waals surface area contributed by atoms with Crippen molar-refractivity contribution in [3.63, 3.8) is 0 Å². The maximum absolute atomic E-state index is 10.8. The molecule has 0 spiro atoms. The molecule has 0 saturated carbocycles. The Hall–Kier alpha value is -0.650. The standard InChI is InChI=1S/C11H25N3O2/c1-11(12,10(15)16)6-5-7-14(4)9-8-13(2)3/h5-9,12H2,1-4H3,(H,15,16).